The fourth-order valence-corrected chi connectivity index (χ4v) is 4.94. The monoisotopic (exact) mass is 612 g/mol. The number of nitrogens with one attached hydrogen (secondary N) is 1. The predicted octanol–water partition coefficient (Wildman–Crippen LogP) is 4.32. The van der Waals surface area contributed by atoms with E-state index in [0.717, 1.165) is 0 Å². The number of carboxylic acids is 1. The molecular formula is C24H20Cl2F6N4O4. The second-order valence-electron chi connectivity index (χ2n) is 9.51. The number of benzene rings is 1. The number of carbonyl (C=O) groups excluding carboxylic acids is 1. The van der Waals surface area contributed by atoms with E-state index in [4.69, 9.17) is 33.1 Å². The molecule has 2 N–H and O–H groups in total. The molecule has 2 saturated heterocycles. The molecule has 8 nitrogen and oxygen atoms in total. The Morgan fingerprint density at radius 2 is 1.75 bits per heavy atom. The van der Waals surface area contributed by atoms with Crippen molar-refractivity contribution in [1.82, 2.24) is 19.2 Å². The molecule has 0 atom stereocenters. The molecule has 40 heavy (non-hydrogen) atoms. The van der Waals surface area contributed by atoms with Gasteiger partial charge in [-0.25, -0.2) is 18.0 Å². The van der Waals surface area contributed by atoms with Crippen LogP contribution < -0.4 is 5.56 Å². The van der Waals surface area contributed by atoms with Crippen LogP contribution in [0.2, 0.25) is 10.2 Å². The Bertz CT molecular complexity index is 1510. The highest BCUT2D eigenvalue weighted by molar-refractivity contribution is 6.42. The lowest BCUT2D eigenvalue weighted by molar-refractivity contribution is -0.192. The van der Waals surface area contributed by atoms with Crippen LogP contribution in [0, 0.1) is 11.7 Å². The maximum Gasteiger partial charge on any atom is 0.490 e. The first-order valence-corrected chi connectivity index (χ1v) is 12.4. The SMILES string of the molecule is O=C(O)C(F)(F)F.O=C(c1cc(Cc2c[nH]c(=O)c3cc(Cl)c(Cl)n23)ccc1F)N1CC(CN2CC(F)(F)C2)C1. The summed E-state index contributed by atoms with van der Waals surface area (Å²) in [5.41, 5.74) is 1.14. The van der Waals surface area contributed by atoms with Gasteiger partial charge in [0.1, 0.15) is 16.5 Å². The normalized spacial score (nSPS) is 17.1. The molecule has 216 valence electrons. The number of aromatic nitrogens is 2. The van der Waals surface area contributed by atoms with Crippen molar-refractivity contribution in [2.45, 2.75) is 18.5 Å². The maximum absolute atomic E-state index is 14.5. The molecule has 2 fully saturated rings. The minimum atomic E-state index is -5.08. The summed E-state index contributed by atoms with van der Waals surface area (Å²) in [6.45, 7) is 0.820. The molecule has 0 saturated carbocycles. The molecule has 2 aliphatic heterocycles. The van der Waals surface area contributed by atoms with Crippen molar-refractivity contribution in [1.29, 1.82) is 0 Å². The number of halogens is 8. The molecule has 2 aromatic heterocycles. The van der Waals surface area contributed by atoms with Crippen LogP contribution in [0.5, 0.6) is 0 Å². The Morgan fingerprint density at radius 3 is 2.33 bits per heavy atom. The number of hydrogen-bond acceptors (Lipinski definition) is 4. The van der Waals surface area contributed by atoms with E-state index in [2.05, 4.69) is 4.98 Å². The van der Waals surface area contributed by atoms with Gasteiger partial charge in [0.25, 0.3) is 17.4 Å². The van der Waals surface area contributed by atoms with Crippen LogP contribution in [-0.4, -0.2) is 81.0 Å². The van der Waals surface area contributed by atoms with Gasteiger partial charge < -0.3 is 15.0 Å². The Morgan fingerprint density at radius 1 is 1.12 bits per heavy atom. The van der Waals surface area contributed by atoms with Gasteiger partial charge in [-0.05, 0) is 23.8 Å². The lowest BCUT2D eigenvalue weighted by Gasteiger charge is -2.46. The van der Waals surface area contributed by atoms with Gasteiger partial charge in [0, 0.05) is 43.9 Å². The highest BCUT2D eigenvalue weighted by Gasteiger charge is 2.45. The molecule has 3 aromatic rings. The second kappa shape index (κ2) is 11.0. The second-order valence-corrected chi connectivity index (χ2v) is 10.3. The predicted molar refractivity (Wildman–Crippen MR) is 132 cm³/mol. The van der Waals surface area contributed by atoms with Gasteiger partial charge >= 0.3 is 12.1 Å². The van der Waals surface area contributed by atoms with Gasteiger partial charge in [-0.15, -0.1) is 0 Å². The zero-order valence-corrected chi connectivity index (χ0v) is 21.8. The zero-order valence-electron chi connectivity index (χ0n) is 20.2. The Labute approximate surface area is 231 Å². The van der Waals surface area contributed by atoms with E-state index in [-0.39, 0.29) is 52.2 Å². The van der Waals surface area contributed by atoms with Gasteiger partial charge in [0.05, 0.1) is 23.7 Å². The molecule has 2 aliphatic rings. The molecule has 1 amide bonds. The molecule has 0 radical (unpaired) electrons. The largest absolute Gasteiger partial charge is 0.490 e. The Hall–Kier alpha value is -3.23. The minimum Gasteiger partial charge on any atom is -0.475 e. The molecule has 0 bridgehead atoms. The van der Waals surface area contributed by atoms with Gasteiger partial charge in [0.2, 0.25) is 0 Å². The number of H-pyrrole nitrogens is 1. The number of carboxylic acid groups (broad SMARTS) is 1. The van der Waals surface area contributed by atoms with Crippen molar-refractivity contribution in [3.8, 4) is 0 Å². The zero-order chi connectivity index (χ0) is 29.6. The fraction of sp³-hybridized carbons (Fsp3) is 0.375. The molecule has 4 heterocycles. The van der Waals surface area contributed by atoms with Crippen LogP contribution in [0.25, 0.3) is 5.52 Å². The quantitative estimate of drug-likeness (QED) is 0.418. The third kappa shape index (κ3) is 6.39. The maximum atomic E-state index is 14.5. The van der Waals surface area contributed by atoms with Gasteiger partial charge in [-0.3, -0.25) is 18.9 Å². The third-order valence-electron chi connectivity index (χ3n) is 6.35. The molecule has 1 aromatic carbocycles. The average Bonchev–Trinajstić information content (AvgIpc) is 3.12. The average molecular weight is 613 g/mol. The smallest absolute Gasteiger partial charge is 0.475 e. The number of likely N-dealkylation sites (tertiary alicyclic amines) is 2. The van der Waals surface area contributed by atoms with Crippen LogP contribution in [0.15, 0.2) is 35.3 Å². The summed E-state index contributed by atoms with van der Waals surface area (Å²) >= 11 is 12.3. The molecule has 16 heteroatoms. The summed E-state index contributed by atoms with van der Waals surface area (Å²) in [7, 11) is 0. The van der Waals surface area contributed by atoms with E-state index >= 15 is 0 Å². The van der Waals surface area contributed by atoms with Crippen LogP contribution in [0.3, 0.4) is 0 Å². The van der Waals surface area contributed by atoms with E-state index in [0.29, 0.717) is 30.9 Å². The first kappa shape index (κ1) is 29.7. The summed E-state index contributed by atoms with van der Waals surface area (Å²) in [5.74, 6) is -6.34. The first-order chi connectivity index (χ1) is 18.6. The lowest BCUT2D eigenvalue weighted by atomic mass is 9.95. The van der Waals surface area contributed by atoms with Crippen molar-refractivity contribution in [3.63, 3.8) is 0 Å². The number of rotatable bonds is 5. The molecule has 0 aliphatic carbocycles. The van der Waals surface area contributed by atoms with E-state index in [9.17, 15) is 35.9 Å². The lowest BCUT2D eigenvalue weighted by Crippen LogP contribution is -2.61. The van der Waals surface area contributed by atoms with Crippen molar-refractivity contribution >= 4 is 40.6 Å². The summed E-state index contributed by atoms with van der Waals surface area (Å²) < 4.78 is 73.7. The number of aromatic amines is 1. The van der Waals surface area contributed by atoms with Crippen LogP contribution in [0.4, 0.5) is 26.3 Å². The van der Waals surface area contributed by atoms with Crippen molar-refractivity contribution in [2.75, 3.05) is 32.7 Å². The Balaban J connectivity index is 0.000000470. The van der Waals surface area contributed by atoms with Gasteiger partial charge in [0.15, 0.2) is 0 Å². The topological polar surface area (TPSA) is 98.1 Å². The number of alkyl halides is 5. The number of nitrogens with zero attached hydrogens (tertiary/aromatic N) is 3. The Kier molecular flexibility index (Phi) is 8.16. The third-order valence-corrected chi connectivity index (χ3v) is 7.10. The van der Waals surface area contributed by atoms with Crippen LogP contribution in [0.1, 0.15) is 21.6 Å². The number of aliphatic carboxylic acids is 1. The summed E-state index contributed by atoms with van der Waals surface area (Å²) in [6, 6.07) is 5.74. The number of hydrogen-bond donors (Lipinski definition) is 2. The molecule has 0 spiro atoms. The van der Waals surface area contributed by atoms with E-state index in [1.165, 1.54) is 33.7 Å². The van der Waals surface area contributed by atoms with E-state index in [1.54, 1.807) is 11.0 Å². The van der Waals surface area contributed by atoms with E-state index < -0.39 is 29.8 Å². The summed E-state index contributed by atoms with van der Waals surface area (Å²) in [5, 5.41) is 7.55. The van der Waals surface area contributed by atoms with Crippen LogP contribution >= 0.6 is 23.2 Å². The molecule has 0 unspecified atom stereocenters. The summed E-state index contributed by atoms with van der Waals surface area (Å²) in [6.07, 6.45) is -3.31. The highest BCUT2D eigenvalue weighted by atomic mass is 35.5. The standard InChI is InChI=1S/C22H19Cl2F3N4O2.C2HF3O2/c23-16-5-18-20(32)28-6-14(31(18)19(16)24)3-12-1-2-17(25)15(4-12)21(33)30-8-13(9-30)7-29-10-22(26,27)11-29;3-2(4,5)1(6)7/h1-2,4-6,13H,3,7-11H2,(H,28,32);(H,6,7). The van der Waals surface area contributed by atoms with Gasteiger partial charge in [-0.2, -0.15) is 13.2 Å². The van der Waals surface area contributed by atoms with Crippen molar-refractivity contribution in [2.24, 2.45) is 5.92 Å². The van der Waals surface area contributed by atoms with Crippen molar-refractivity contribution < 1.29 is 41.0 Å². The molecule has 5 rings (SSSR count). The number of fused-ring (bicyclic) bond motifs is 1. The fourth-order valence-electron chi connectivity index (χ4n) is 4.50. The number of carbonyl (C=O) groups is 2. The molecular weight excluding hydrogens is 593 g/mol. The minimum absolute atomic E-state index is 0.0567. The van der Waals surface area contributed by atoms with E-state index in [1.807, 2.05) is 0 Å². The van der Waals surface area contributed by atoms with Crippen molar-refractivity contribution in [3.05, 3.63) is 73.6 Å². The van der Waals surface area contributed by atoms with Crippen LogP contribution in [-0.2, 0) is 11.2 Å². The first-order valence-electron chi connectivity index (χ1n) is 11.6. The number of amides is 1. The van der Waals surface area contributed by atoms with Gasteiger partial charge in [-0.1, -0.05) is 29.3 Å². The summed E-state index contributed by atoms with van der Waals surface area (Å²) in [4.78, 5) is 39.6. The highest BCUT2D eigenvalue weighted by Crippen LogP contribution is 2.30.